The number of nitrogens with one attached hydrogen (secondary N) is 3. The number of carboxylic acid groups (broad SMARTS) is 1. The highest BCUT2D eigenvalue weighted by Crippen LogP contribution is 2.33. The van der Waals surface area contributed by atoms with Crippen molar-refractivity contribution in [3.8, 4) is 0 Å². The largest absolute Gasteiger partial charge is 0.481 e. The van der Waals surface area contributed by atoms with Crippen molar-refractivity contribution in [1.82, 2.24) is 25.4 Å². The molecule has 0 bridgehead atoms. The molecule has 60 heavy (non-hydrogen) atoms. The lowest BCUT2D eigenvalue weighted by Crippen LogP contribution is -2.59. The molecule has 2 aromatic rings. The second kappa shape index (κ2) is 23.8. The number of hydrogen-bond acceptors (Lipinski definition) is 10. The van der Waals surface area contributed by atoms with E-state index >= 15 is 0 Å². The Morgan fingerprint density at radius 2 is 1.80 bits per heavy atom. The van der Waals surface area contributed by atoms with E-state index in [0.717, 1.165) is 62.8 Å². The van der Waals surface area contributed by atoms with Crippen molar-refractivity contribution >= 4 is 46.7 Å². The normalized spacial score (nSPS) is 17.2. The van der Waals surface area contributed by atoms with Crippen LogP contribution in [0.15, 0.2) is 23.6 Å². The van der Waals surface area contributed by atoms with Crippen LogP contribution in [-0.4, -0.2) is 101 Å². The number of unbranched alkanes of at least 4 members (excludes halogenated alkanes) is 3. The minimum absolute atomic E-state index is 0.0705. The Bertz CT molecular complexity index is 1740. The van der Waals surface area contributed by atoms with Gasteiger partial charge < -0.3 is 30.7 Å². The van der Waals surface area contributed by atoms with Crippen molar-refractivity contribution < 1.29 is 38.2 Å². The van der Waals surface area contributed by atoms with Crippen LogP contribution >= 0.6 is 11.3 Å². The van der Waals surface area contributed by atoms with E-state index in [1.165, 1.54) is 13.0 Å². The van der Waals surface area contributed by atoms with Gasteiger partial charge in [-0.3, -0.25) is 28.9 Å². The van der Waals surface area contributed by atoms with Gasteiger partial charge in [-0.05, 0) is 89.1 Å². The summed E-state index contributed by atoms with van der Waals surface area (Å²) in [6.45, 7) is 15.9. The topological polar surface area (TPSA) is 170 Å². The summed E-state index contributed by atoms with van der Waals surface area (Å²) in [5.41, 5.74) is -0.136. The SMILES string of the molecule is CCCCCCN(C(=O)[C@@H](NC(=O)[C@H]1CCCCN1C)[C@@H](C)CC)[C@H](C[C@@H](OC(C)=O)c1nc(C(=O)NC(Cc2ccc(F)c(NC)c2)CC(C)(C)C(=O)O)cs1)C(C)C. The molecule has 1 aromatic carbocycles. The summed E-state index contributed by atoms with van der Waals surface area (Å²) in [5, 5.41) is 20.8. The third-order valence-electron chi connectivity index (χ3n) is 11.8. The fourth-order valence-electron chi connectivity index (χ4n) is 7.90. The van der Waals surface area contributed by atoms with Gasteiger partial charge in [-0.15, -0.1) is 11.3 Å². The summed E-state index contributed by atoms with van der Waals surface area (Å²) >= 11 is 1.16. The Labute approximate surface area is 361 Å². The van der Waals surface area contributed by atoms with Crippen LogP contribution < -0.4 is 16.0 Å². The Hall–Kier alpha value is -4.11. The predicted octanol–water partition coefficient (Wildman–Crippen LogP) is 7.61. The van der Waals surface area contributed by atoms with Gasteiger partial charge in [-0.1, -0.05) is 72.8 Å². The van der Waals surface area contributed by atoms with E-state index in [0.29, 0.717) is 23.5 Å². The highest BCUT2D eigenvalue weighted by Gasteiger charge is 2.39. The van der Waals surface area contributed by atoms with Crippen molar-refractivity contribution in [2.75, 3.05) is 32.5 Å². The smallest absolute Gasteiger partial charge is 0.309 e. The third kappa shape index (κ3) is 14.5. The first kappa shape index (κ1) is 50.2. The highest BCUT2D eigenvalue weighted by molar-refractivity contribution is 7.09. The lowest BCUT2D eigenvalue weighted by Gasteiger charge is -2.40. The van der Waals surface area contributed by atoms with Gasteiger partial charge in [0.2, 0.25) is 11.8 Å². The molecule has 6 atom stereocenters. The summed E-state index contributed by atoms with van der Waals surface area (Å²) < 4.78 is 20.2. The van der Waals surface area contributed by atoms with Gasteiger partial charge in [0.15, 0.2) is 6.10 Å². The van der Waals surface area contributed by atoms with Crippen LogP contribution in [0.1, 0.15) is 147 Å². The number of thiazole rings is 1. The number of anilines is 1. The maximum Gasteiger partial charge on any atom is 0.309 e. The van der Waals surface area contributed by atoms with Gasteiger partial charge >= 0.3 is 11.9 Å². The molecule has 0 aliphatic carbocycles. The average molecular weight is 859 g/mol. The zero-order valence-electron chi connectivity index (χ0n) is 37.6. The molecule has 1 unspecified atom stereocenters. The standard InChI is InChI=1S/C45H71FN6O7S/c1-11-13-14-16-22-52(43(56)39(29(5)12-2)50-41(55)36-18-15-17-21-51(36)10)37(28(3)4)25-38(59-30(6)53)42-49-35(27-60-42)40(54)48-32(26-45(7,8)44(57)58)23-31-19-20-33(46)34(24-31)47-9/h19-20,24,27-29,32,36-39,47H,11-18,21-23,25-26H2,1-10H3,(H,48,54)(H,50,55)(H,57,58)/t29-,32?,36+,37+,38+,39-/m0/s1. The van der Waals surface area contributed by atoms with E-state index in [-0.39, 0.29) is 60.3 Å². The molecule has 3 amide bonds. The highest BCUT2D eigenvalue weighted by atomic mass is 32.1. The zero-order chi connectivity index (χ0) is 44.7. The zero-order valence-corrected chi connectivity index (χ0v) is 38.4. The lowest BCUT2D eigenvalue weighted by atomic mass is 9.84. The molecule has 1 fully saturated rings. The van der Waals surface area contributed by atoms with E-state index in [1.807, 2.05) is 39.6 Å². The van der Waals surface area contributed by atoms with Crippen molar-refractivity contribution in [3.05, 3.63) is 45.7 Å². The maximum atomic E-state index is 14.9. The lowest BCUT2D eigenvalue weighted by molar-refractivity contribution is -0.150. The number of carbonyl (C=O) groups excluding carboxylic acids is 4. The van der Waals surface area contributed by atoms with Crippen molar-refractivity contribution in [1.29, 1.82) is 0 Å². The number of nitrogens with zero attached hydrogens (tertiary/aromatic N) is 3. The molecule has 4 N–H and O–H groups in total. The molecule has 1 saturated heterocycles. The molecule has 13 nitrogen and oxygen atoms in total. The number of carboxylic acids is 1. The first-order valence-corrected chi connectivity index (χ1v) is 22.6. The molecule has 336 valence electrons. The van der Waals surface area contributed by atoms with Gasteiger partial charge in [0.25, 0.3) is 5.91 Å². The second-order valence-electron chi connectivity index (χ2n) is 17.5. The molecule has 1 aromatic heterocycles. The number of aliphatic carboxylic acids is 1. The van der Waals surface area contributed by atoms with E-state index in [4.69, 9.17) is 4.74 Å². The minimum Gasteiger partial charge on any atom is -0.481 e. The minimum atomic E-state index is -1.19. The van der Waals surface area contributed by atoms with Crippen LogP contribution in [0, 0.1) is 23.1 Å². The maximum absolute atomic E-state index is 14.9. The van der Waals surface area contributed by atoms with Gasteiger partial charge in [0, 0.05) is 44.4 Å². The number of likely N-dealkylation sites (tertiary alicyclic amines) is 1. The quantitative estimate of drug-likeness (QED) is 0.0609. The van der Waals surface area contributed by atoms with E-state index in [2.05, 4.69) is 32.8 Å². The van der Waals surface area contributed by atoms with E-state index < -0.39 is 53.3 Å². The van der Waals surface area contributed by atoms with Gasteiger partial charge in [-0.25, -0.2) is 9.37 Å². The third-order valence-corrected chi connectivity index (χ3v) is 12.7. The van der Waals surface area contributed by atoms with Gasteiger partial charge in [0.05, 0.1) is 17.1 Å². The van der Waals surface area contributed by atoms with Crippen LogP contribution in [0.25, 0.3) is 0 Å². The summed E-state index contributed by atoms with van der Waals surface area (Å²) in [7, 11) is 3.55. The molecule has 2 heterocycles. The average Bonchev–Trinajstić information content (AvgIpc) is 3.69. The van der Waals surface area contributed by atoms with Crippen molar-refractivity contribution in [3.63, 3.8) is 0 Å². The van der Waals surface area contributed by atoms with Crippen LogP contribution in [-0.2, 0) is 30.3 Å². The van der Waals surface area contributed by atoms with Crippen LogP contribution in [0.4, 0.5) is 10.1 Å². The summed E-state index contributed by atoms with van der Waals surface area (Å²) in [6, 6.07) is 2.46. The van der Waals surface area contributed by atoms with Crippen LogP contribution in [0.5, 0.6) is 0 Å². The van der Waals surface area contributed by atoms with Crippen molar-refractivity contribution in [2.24, 2.45) is 17.3 Å². The van der Waals surface area contributed by atoms with Gasteiger partial charge in [0.1, 0.15) is 22.6 Å². The Kier molecular flexibility index (Phi) is 19.9. The molecular formula is C45H71FN6O7S. The van der Waals surface area contributed by atoms with Gasteiger partial charge in [-0.2, -0.15) is 0 Å². The summed E-state index contributed by atoms with van der Waals surface area (Å²) in [4.78, 5) is 75.8. The summed E-state index contributed by atoms with van der Waals surface area (Å²) in [5.74, 6) is -3.04. The monoisotopic (exact) mass is 859 g/mol. The summed E-state index contributed by atoms with van der Waals surface area (Å²) in [6.07, 6.45) is 6.80. The first-order chi connectivity index (χ1) is 28.3. The molecular weight excluding hydrogens is 788 g/mol. The molecule has 3 rings (SSSR count). The number of esters is 1. The molecule has 0 radical (unpaired) electrons. The predicted molar refractivity (Wildman–Crippen MR) is 234 cm³/mol. The fraction of sp³-hybridized carbons (Fsp3) is 0.689. The fourth-order valence-corrected chi connectivity index (χ4v) is 8.74. The number of hydrogen-bond donors (Lipinski definition) is 4. The number of halogens is 1. The Morgan fingerprint density at radius 3 is 2.40 bits per heavy atom. The Morgan fingerprint density at radius 1 is 1.08 bits per heavy atom. The van der Waals surface area contributed by atoms with Crippen molar-refractivity contribution in [2.45, 2.75) is 156 Å². The first-order valence-electron chi connectivity index (χ1n) is 21.8. The molecule has 1 aliphatic heterocycles. The van der Waals surface area contributed by atoms with E-state index in [9.17, 15) is 33.5 Å². The number of likely N-dealkylation sites (N-methyl/N-ethyl adjacent to an activating group) is 1. The number of piperidine rings is 1. The number of amides is 3. The van der Waals surface area contributed by atoms with E-state index in [1.54, 1.807) is 38.4 Å². The molecule has 0 saturated carbocycles. The molecule has 15 heteroatoms. The number of carbonyl (C=O) groups is 5. The number of ether oxygens (including phenoxy) is 1. The van der Waals surface area contributed by atoms with Crippen LogP contribution in [0.2, 0.25) is 0 Å². The number of rotatable bonds is 24. The number of benzene rings is 1. The second-order valence-corrected chi connectivity index (χ2v) is 18.4. The Balaban J connectivity index is 1.95. The molecule has 1 aliphatic rings. The number of aromatic nitrogens is 1. The molecule has 0 spiro atoms. The van der Waals surface area contributed by atoms with Crippen LogP contribution in [0.3, 0.4) is 0 Å².